The van der Waals surface area contributed by atoms with E-state index in [4.69, 9.17) is 15.2 Å². The van der Waals surface area contributed by atoms with Crippen LogP contribution in [0.2, 0.25) is 0 Å². The minimum absolute atomic E-state index is 0.0277. The van der Waals surface area contributed by atoms with E-state index < -0.39 is 6.10 Å². The first-order valence-electron chi connectivity index (χ1n) is 8.42. The van der Waals surface area contributed by atoms with Crippen molar-refractivity contribution in [1.29, 1.82) is 0 Å². The quantitative estimate of drug-likeness (QED) is 0.873. The smallest absolute Gasteiger partial charge is 0.253 e. The van der Waals surface area contributed by atoms with E-state index in [1.165, 1.54) is 0 Å². The number of carbonyl (C=O) groups excluding carboxylic acids is 1. The highest BCUT2D eigenvalue weighted by molar-refractivity contribution is 5.94. The summed E-state index contributed by atoms with van der Waals surface area (Å²) >= 11 is 0. The Morgan fingerprint density at radius 2 is 2.16 bits per heavy atom. The fraction of sp³-hybridized carbons (Fsp3) is 0.368. The highest BCUT2D eigenvalue weighted by Gasteiger charge is 2.29. The van der Waals surface area contributed by atoms with Crippen LogP contribution in [0.4, 0.5) is 5.69 Å². The fourth-order valence-corrected chi connectivity index (χ4v) is 2.76. The highest BCUT2D eigenvalue weighted by atomic mass is 16.5. The van der Waals surface area contributed by atoms with Crippen LogP contribution in [0.5, 0.6) is 11.6 Å². The van der Waals surface area contributed by atoms with E-state index in [0.717, 1.165) is 17.5 Å². The lowest BCUT2D eigenvalue weighted by Crippen LogP contribution is -2.29. The van der Waals surface area contributed by atoms with E-state index in [-0.39, 0.29) is 12.0 Å². The Balaban J connectivity index is 1.70. The van der Waals surface area contributed by atoms with Crippen molar-refractivity contribution in [1.82, 2.24) is 4.98 Å². The van der Waals surface area contributed by atoms with Crippen LogP contribution in [0.1, 0.15) is 24.0 Å². The predicted molar refractivity (Wildman–Crippen MR) is 95.8 cm³/mol. The third-order valence-electron chi connectivity index (χ3n) is 4.22. The summed E-state index contributed by atoms with van der Waals surface area (Å²) in [7, 11) is 0. The number of aryl methyl sites for hydroxylation is 2. The van der Waals surface area contributed by atoms with Crippen molar-refractivity contribution in [2.75, 3.05) is 11.9 Å². The minimum Gasteiger partial charge on any atom is -0.439 e. The molecule has 25 heavy (non-hydrogen) atoms. The second kappa shape index (κ2) is 7.63. The van der Waals surface area contributed by atoms with E-state index in [1.54, 1.807) is 12.3 Å². The maximum atomic E-state index is 12.3. The maximum Gasteiger partial charge on any atom is 0.253 e. The van der Waals surface area contributed by atoms with Crippen molar-refractivity contribution >= 4 is 11.6 Å². The van der Waals surface area contributed by atoms with Crippen LogP contribution in [0.25, 0.3) is 0 Å². The Morgan fingerprint density at radius 1 is 1.32 bits per heavy atom. The lowest BCUT2D eigenvalue weighted by molar-refractivity contribution is -0.126. The molecule has 1 fully saturated rings. The van der Waals surface area contributed by atoms with Crippen LogP contribution >= 0.6 is 0 Å². The average molecular weight is 341 g/mol. The monoisotopic (exact) mass is 341 g/mol. The average Bonchev–Trinajstić information content (AvgIpc) is 3.07. The van der Waals surface area contributed by atoms with Gasteiger partial charge in [0, 0.05) is 30.6 Å². The molecule has 0 spiro atoms. The minimum atomic E-state index is -0.447. The van der Waals surface area contributed by atoms with Crippen molar-refractivity contribution in [3.05, 3.63) is 47.7 Å². The number of nitrogens with two attached hydrogens (primary N) is 1. The van der Waals surface area contributed by atoms with Gasteiger partial charge in [0.2, 0.25) is 5.88 Å². The largest absolute Gasteiger partial charge is 0.439 e. The number of pyridine rings is 1. The van der Waals surface area contributed by atoms with Gasteiger partial charge in [-0.25, -0.2) is 4.98 Å². The van der Waals surface area contributed by atoms with E-state index >= 15 is 0 Å². The molecule has 1 aliphatic rings. The Kier molecular flexibility index (Phi) is 5.31. The van der Waals surface area contributed by atoms with E-state index in [1.807, 2.05) is 38.1 Å². The van der Waals surface area contributed by atoms with Gasteiger partial charge in [-0.1, -0.05) is 6.07 Å². The number of amides is 1. The second-order valence-corrected chi connectivity index (χ2v) is 6.30. The van der Waals surface area contributed by atoms with Crippen LogP contribution in [-0.2, 0) is 9.53 Å². The van der Waals surface area contributed by atoms with Crippen molar-refractivity contribution < 1.29 is 14.3 Å². The lowest BCUT2D eigenvalue weighted by Gasteiger charge is -2.14. The molecule has 132 valence electrons. The number of nitrogens with one attached hydrogen (secondary N) is 1. The summed E-state index contributed by atoms with van der Waals surface area (Å²) in [4.78, 5) is 16.6. The summed E-state index contributed by atoms with van der Waals surface area (Å²) in [6, 6.07) is 9.32. The maximum absolute atomic E-state index is 12.3. The van der Waals surface area contributed by atoms with Crippen molar-refractivity contribution in [3.63, 3.8) is 0 Å². The summed E-state index contributed by atoms with van der Waals surface area (Å²) in [6.07, 6.45) is 2.74. The third-order valence-corrected chi connectivity index (χ3v) is 4.22. The van der Waals surface area contributed by atoms with Gasteiger partial charge in [-0.3, -0.25) is 4.79 Å². The molecule has 0 bridgehead atoms. The summed E-state index contributed by atoms with van der Waals surface area (Å²) in [5, 5.41) is 2.89. The van der Waals surface area contributed by atoms with Gasteiger partial charge < -0.3 is 20.5 Å². The number of rotatable bonds is 5. The number of carbonyl (C=O) groups is 1. The lowest BCUT2D eigenvalue weighted by atomic mass is 10.1. The molecule has 0 unspecified atom stereocenters. The highest BCUT2D eigenvalue weighted by Crippen LogP contribution is 2.28. The second-order valence-electron chi connectivity index (χ2n) is 6.30. The molecule has 0 saturated carbocycles. The van der Waals surface area contributed by atoms with Crippen molar-refractivity contribution in [2.24, 2.45) is 5.73 Å². The number of nitrogens with zero attached hydrogens (tertiary/aromatic N) is 1. The fourth-order valence-electron chi connectivity index (χ4n) is 2.76. The number of ether oxygens (including phenoxy) is 2. The normalized spacial score (nSPS) is 19.6. The molecule has 3 rings (SSSR count). The zero-order valence-electron chi connectivity index (χ0n) is 14.5. The predicted octanol–water partition coefficient (Wildman–Crippen LogP) is 2.94. The molecule has 6 heteroatoms. The summed E-state index contributed by atoms with van der Waals surface area (Å²) < 4.78 is 11.5. The molecule has 2 heterocycles. The van der Waals surface area contributed by atoms with Crippen molar-refractivity contribution in [3.8, 4) is 11.6 Å². The van der Waals surface area contributed by atoms with Gasteiger partial charge in [-0.2, -0.15) is 0 Å². The standard InChI is InChI=1S/C19H23N3O3/c1-12-7-8-21-18(9-12)25-17-10-14(4-3-13(17)2)22-19(23)16-6-5-15(11-20)24-16/h3-4,7-10,15-16H,5-6,11,20H2,1-2H3,(H,22,23)/t15-,16+/m1/s1. The van der Waals surface area contributed by atoms with Crippen LogP contribution in [0, 0.1) is 13.8 Å². The van der Waals surface area contributed by atoms with Gasteiger partial charge >= 0.3 is 0 Å². The van der Waals surface area contributed by atoms with Gasteiger partial charge in [0.15, 0.2) is 0 Å². The Hall–Kier alpha value is -2.44. The Morgan fingerprint density at radius 3 is 2.88 bits per heavy atom. The zero-order valence-corrected chi connectivity index (χ0v) is 14.5. The molecule has 1 saturated heterocycles. The Labute approximate surface area is 147 Å². The van der Waals surface area contributed by atoms with Crippen LogP contribution in [0.15, 0.2) is 36.5 Å². The molecular weight excluding hydrogens is 318 g/mol. The summed E-state index contributed by atoms with van der Waals surface area (Å²) in [6.45, 7) is 4.37. The number of aromatic nitrogens is 1. The van der Waals surface area contributed by atoms with E-state index in [0.29, 0.717) is 30.3 Å². The third kappa shape index (κ3) is 4.35. The number of hydrogen-bond donors (Lipinski definition) is 2. The van der Waals surface area contributed by atoms with Gasteiger partial charge in [0.1, 0.15) is 11.9 Å². The number of hydrogen-bond acceptors (Lipinski definition) is 5. The van der Waals surface area contributed by atoms with Crippen LogP contribution in [0.3, 0.4) is 0 Å². The van der Waals surface area contributed by atoms with Gasteiger partial charge in [-0.15, -0.1) is 0 Å². The number of benzene rings is 1. The molecule has 3 N–H and O–H groups in total. The number of anilines is 1. The molecule has 2 aromatic rings. The first-order chi connectivity index (χ1) is 12.0. The molecule has 1 amide bonds. The molecule has 2 atom stereocenters. The van der Waals surface area contributed by atoms with Crippen LogP contribution < -0.4 is 15.8 Å². The summed E-state index contributed by atoms with van der Waals surface area (Å²) in [5.74, 6) is 1.03. The van der Waals surface area contributed by atoms with Gasteiger partial charge in [-0.05, 0) is 49.9 Å². The molecule has 1 aromatic heterocycles. The SMILES string of the molecule is Cc1ccnc(Oc2cc(NC(=O)[C@@H]3CC[C@H](CN)O3)ccc2C)c1. The molecule has 0 radical (unpaired) electrons. The van der Waals surface area contributed by atoms with Crippen molar-refractivity contribution in [2.45, 2.75) is 38.9 Å². The molecular formula is C19H23N3O3. The molecule has 0 aliphatic carbocycles. The molecule has 1 aliphatic heterocycles. The van der Waals surface area contributed by atoms with Gasteiger partial charge in [0.05, 0.1) is 6.10 Å². The first kappa shape index (κ1) is 17.4. The summed E-state index contributed by atoms with van der Waals surface area (Å²) in [5.41, 5.74) is 8.28. The first-order valence-corrected chi connectivity index (χ1v) is 8.42. The van der Waals surface area contributed by atoms with Crippen LogP contribution in [-0.4, -0.2) is 29.6 Å². The molecule has 6 nitrogen and oxygen atoms in total. The Bertz CT molecular complexity index is 763. The zero-order chi connectivity index (χ0) is 17.8. The molecule has 1 aromatic carbocycles. The van der Waals surface area contributed by atoms with E-state index in [2.05, 4.69) is 10.3 Å². The van der Waals surface area contributed by atoms with E-state index in [9.17, 15) is 4.79 Å². The topological polar surface area (TPSA) is 86.5 Å². The van der Waals surface area contributed by atoms with Gasteiger partial charge in [0.25, 0.3) is 5.91 Å².